The summed E-state index contributed by atoms with van der Waals surface area (Å²) in [5.41, 5.74) is 1.15. The molecule has 2 heterocycles. The van der Waals surface area contributed by atoms with E-state index >= 15 is 0 Å². The topological polar surface area (TPSA) is 46.0 Å². The van der Waals surface area contributed by atoms with Gasteiger partial charge < -0.3 is 10.2 Å². The minimum atomic E-state index is 0.831. The molecule has 1 fully saturated rings. The molecule has 1 aromatic heterocycles. The van der Waals surface area contributed by atoms with Crippen LogP contribution in [0.25, 0.3) is 0 Å². The van der Waals surface area contributed by atoms with Crippen LogP contribution in [-0.2, 0) is 13.6 Å². The molecule has 0 radical (unpaired) electrons. The molecule has 16 heavy (non-hydrogen) atoms. The van der Waals surface area contributed by atoms with Crippen LogP contribution < -0.4 is 5.32 Å². The molecule has 1 aliphatic rings. The minimum Gasteiger partial charge on any atom is -0.311 e. The van der Waals surface area contributed by atoms with E-state index in [-0.39, 0.29) is 0 Å². The average Bonchev–Trinajstić information content (AvgIpc) is 2.68. The van der Waals surface area contributed by atoms with Crippen LogP contribution in [0.4, 0.5) is 0 Å². The molecule has 1 aromatic rings. The number of nitrogens with one attached hydrogen (secondary N) is 1. The maximum Gasteiger partial charge on any atom is 0.0738 e. The van der Waals surface area contributed by atoms with Gasteiger partial charge in [0.2, 0.25) is 0 Å². The zero-order chi connectivity index (χ0) is 11.4. The number of aryl methyl sites for hydroxylation is 1. The van der Waals surface area contributed by atoms with Crippen LogP contribution in [0.15, 0.2) is 6.20 Å². The Kier molecular flexibility index (Phi) is 3.90. The van der Waals surface area contributed by atoms with Crippen LogP contribution in [0.5, 0.6) is 0 Å². The van der Waals surface area contributed by atoms with Crippen LogP contribution in [0, 0.1) is 5.92 Å². The first kappa shape index (κ1) is 11.5. The van der Waals surface area contributed by atoms with Crippen molar-refractivity contribution >= 4 is 0 Å². The van der Waals surface area contributed by atoms with E-state index < -0.39 is 0 Å². The lowest BCUT2D eigenvalue weighted by atomic mass is 9.97. The third-order valence-corrected chi connectivity index (χ3v) is 3.39. The first-order valence-corrected chi connectivity index (χ1v) is 5.98. The van der Waals surface area contributed by atoms with Gasteiger partial charge in [-0.25, -0.2) is 0 Å². The second-order valence-electron chi connectivity index (χ2n) is 4.73. The van der Waals surface area contributed by atoms with Crippen molar-refractivity contribution in [2.75, 3.05) is 26.7 Å². The van der Waals surface area contributed by atoms with Gasteiger partial charge in [-0.05, 0) is 45.4 Å². The van der Waals surface area contributed by atoms with Crippen LogP contribution in [0.3, 0.4) is 0 Å². The molecule has 5 heteroatoms. The lowest BCUT2D eigenvalue weighted by Crippen LogP contribution is -2.35. The highest BCUT2D eigenvalue weighted by Gasteiger charge is 2.15. The molecule has 90 valence electrons. The molecular weight excluding hydrogens is 202 g/mol. The van der Waals surface area contributed by atoms with E-state index in [0.29, 0.717) is 0 Å². The van der Waals surface area contributed by atoms with Crippen molar-refractivity contribution in [1.82, 2.24) is 25.2 Å². The molecule has 0 saturated carbocycles. The molecule has 0 aliphatic carbocycles. The summed E-state index contributed by atoms with van der Waals surface area (Å²) in [4.78, 5) is 2.40. The summed E-state index contributed by atoms with van der Waals surface area (Å²) in [6.45, 7) is 4.45. The average molecular weight is 223 g/mol. The number of piperidine rings is 1. The number of aromatic nitrogens is 3. The Hall–Kier alpha value is -0.940. The molecule has 0 aromatic carbocycles. The smallest absolute Gasteiger partial charge is 0.0738 e. The molecule has 0 amide bonds. The Balaban J connectivity index is 1.67. The van der Waals surface area contributed by atoms with E-state index in [0.717, 1.165) is 24.7 Å². The van der Waals surface area contributed by atoms with Crippen LogP contribution in [-0.4, -0.2) is 46.6 Å². The van der Waals surface area contributed by atoms with Gasteiger partial charge in [-0.2, -0.15) is 0 Å². The lowest BCUT2D eigenvalue weighted by molar-refractivity contribution is 0.215. The minimum absolute atomic E-state index is 0.831. The third kappa shape index (κ3) is 3.02. The van der Waals surface area contributed by atoms with Gasteiger partial charge in [0.15, 0.2) is 0 Å². The maximum absolute atomic E-state index is 3.91. The maximum atomic E-state index is 3.91. The predicted molar refractivity (Wildman–Crippen MR) is 62.9 cm³/mol. The molecule has 0 atom stereocenters. The monoisotopic (exact) mass is 223 g/mol. The van der Waals surface area contributed by atoms with Gasteiger partial charge in [-0.3, -0.25) is 4.68 Å². The summed E-state index contributed by atoms with van der Waals surface area (Å²) >= 11 is 0. The molecule has 1 N–H and O–H groups in total. The van der Waals surface area contributed by atoms with Crippen molar-refractivity contribution in [1.29, 1.82) is 0 Å². The summed E-state index contributed by atoms with van der Waals surface area (Å²) in [7, 11) is 4.13. The Morgan fingerprint density at radius 1 is 1.38 bits per heavy atom. The summed E-state index contributed by atoms with van der Waals surface area (Å²) in [6.07, 6.45) is 4.45. The number of rotatable bonds is 4. The molecule has 0 unspecified atom stereocenters. The Labute approximate surface area is 96.8 Å². The fraction of sp³-hybridized carbons (Fsp3) is 0.818. The summed E-state index contributed by atoms with van der Waals surface area (Å²) in [6, 6.07) is 0. The zero-order valence-corrected chi connectivity index (χ0v) is 10.2. The molecule has 1 aliphatic heterocycles. The van der Waals surface area contributed by atoms with E-state index in [1.54, 1.807) is 0 Å². The quantitative estimate of drug-likeness (QED) is 0.794. The van der Waals surface area contributed by atoms with Gasteiger partial charge in [0.25, 0.3) is 0 Å². The van der Waals surface area contributed by atoms with E-state index in [1.165, 1.54) is 25.9 Å². The fourth-order valence-electron chi connectivity index (χ4n) is 2.14. The van der Waals surface area contributed by atoms with E-state index in [4.69, 9.17) is 0 Å². The SMILES string of the molecule is CN1CCC(CNCc2cnnn2C)CC1. The molecule has 0 spiro atoms. The molecular formula is C11H21N5. The van der Waals surface area contributed by atoms with E-state index in [9.17, 15) is 0 Å². The Morgan fingerprint density at radius 3 is 2.75 bits per heavy atom. The Morgan fingerprint density at radius 2 is 2.12 bits per heavy atom. The van der Waals surface area contributed by atoms with Crippen molar-refractivity contribution in [2.24, 2.45) is 13.0 Å². The van der Waals surface area contributed by atoms with E-state index in [1.807, 2.05) is 17.9 Å². The standard InChI is InChI=1S/C11H21N5/c1-15-5-3-10(4-6-15)7-12-8-11-9-13-14-16(11)2/h9-10,12H,3-8H2,1-2H3. The second-order valence-corrected chi connectivity index (χ2v) is 4.73. The largest absolute Gasteiger partial charge is 0.311 e. The van der Waals surface area contributed by atoms with Crippen LogP contribution >= 0.6 is 0 Å². The number of likely N-dealkylation sites (tertiary alicyclic amines) is 1. The van der Waals surface area contributed by atoms with Crippen molar-refractivity contribution < 1.29 is 0 Å². The second kappa shape index (κ2) is 5.41. The van der Waals surface area contributed by atoms with Gasteiger partial charge in [0.1, 0.15) is 0 Å². The van der Waals surface area contributed by atoms with Gasteiger partial charge in [-0.1, -0.05) is 5.21 Å². The number of hydrogen-bond acceptors (Lipinski definition) is 4. The predicted octanol–water partition coefficient (Wildman–Crippen LogP) is 0.246. The van der Waals surface area contributed by atoms with Gasteiger partial charge >= 0.3 is 0 Å². The first-order valence-electron chi connectivity index (χ1n) is 5.98. The van der Waals surface area contributed by atoms with Crippen molar-refractivity contribution in [3.8, 4) is 0 Å². The van der Waals surface area contributed by atoms with Gasteiger partial charge in [-0.15, -0.1) is 5.10 Å². The van der Waals surface area contributed by atoms with Gasteiger partial charge in [0, 0.05) is 13.6 Å². The van der Waals surface area contributed by atoms with Crippen LogP contribution in [0.1, 0.15) is 18.5 Å². The van der Waals surface area contributed by atoms with Crippen LogP contribution in [0.2, 0.25) is 0 Å². The highest BCUT2D eigenvalue weighted by molar-refractivity contribution is 4.92. The summed E-state index contributed by atoms with van der Waals surface area (Å²) in [5, 5.41) is 11.3. The van der Waals surface area contributed by atoms with Gasteiger partial charge in [0.05, 0.1) is 11.9 Å². The first-order chi connectivity index (χ1) is 7.75. The molecule has 2 rings (SSSR count). The normalized spacial score (nSPS) is 19.1. The summed E-state index contributed by atoms with van der Waals surface area (Å²) in [5.74, 6) is 0.831. The number of nitrogens with zero attached hydrogens (tertiary/aromatic N) is 4. The summed E-state index contributed by atoms with van der Waals surface area (Å²) < 4.78 is 1.82. The van der Waals surface area contributed by atoms with Crippen molar-refractivity contribution in [3.05, 3.63) is 11.9 Å². The zero-order valence-electron chi connectivity index (χ0n) is 10.2. The lowest BCUT2D eigenvalue weighted by Gasteiger charge is -2.29. The molecule has 5 nitrogen and oxygen atoms in total. The Bertz CT molecular complexity index is 314. The number of hydrogen-bond donors (Lipinski definition) is 1. The van der Waals surface area contributed by atoms with Crippen molar-refractivity contribution in [2.45, 2.75) is 19.4 Å². The van der Waals surface area contributed by atoms with E-state index in [2.05, 4.69) is 27.6 Å². The third-order valence-electron chi connectivity index (χ3n) is 3.39. The fourth-order valence-corrected chi connectivity index (χ4v) is 2.14. The molecule has 0 bridgehead atoms. The molecule has 1 saturated heterocycles. The highest BCUT2D eigenvalue weighted by atomic mass is 15.4. The highest BCUT2D eigenvalue weighted by Crippen LogP contribution is 2.14. The van der Waals surface area contributed by atoms with Crippen molar-refractivity contribution in [3.63, 3.8) is 0 Å².